The molecule has 0 saturated carbocycles. The van der Waals surface area contributed by atoms with Crippen LogP contribution in [-0.4, -0.2) is 45.0 Å². The SMILES string of the molecule is COc1ccc(CCNC(=O)COC(=O)c2ccc(C(=O)c3ccccc3)cc2)cc1OC. The number of esters is 1. The van der Waals surface area contributed by atoms with E-state index in [0.29, 0.717) is 35.6 Å². The highest BCUT2D eigenvalue weighted by Gasteiger charge is 2.13. The van der Waals surface area contributed by atoms with Gasteiger partial charge in [-0.25, -0.2) is 4.79 Å². The number of benzene rings is 3. The minimum atomic E-state index is -0.635. The van der Waals surface area contributed by atoms with E-state index in [-0.39, 0.29) is 11.3 Å². The van der Waals surface area contributed by atoms with Crippen LogP contribution in [0.5, 0.6) is 11.5 Å². The zero-order valence-electron chi connectivity index (χ0n) is 18.5. The molecule has 7 nitrogen and oxygen atoms in total. The molecule has 0 aromatic heterocycles. The van der Waals surface area contributed by atoms with E-state index >= 15 is 0 Å². The monoisotopic (exact) mass is 447 g/mol. The van der Waals surface area contributed by atoms with E-state index in [2.05, 4.69) is 5.32 Å². The Hall–Kier alpha value is -4.13. The maximum Gasteiger partial charge on any atom is 0.338 e. The van der Waals surface area contributed by atoms with Crippen LogP contribution in [0.4, 0.5) is 0 Å². The number of rotatable bonds is 10. The van der Waals surface area contributed by atoms with E-state index in [9.17, 15) is 14.4 Å². The Bertz CT molecular complexity index is 1110. The Kier molecular flexibility index (Phi) is 8.18. The fraction of sp³-hybridized carbons (Fsp3) is 0.192. The lowest BCUT2D eigenvalue weighted by Gasteiger charge is -2.10. The van der Waals surface area contributed by atoms with Crippen LogP contribution in [0.25, 0.3) is 0 Å². The van der Waals surface area contributed by atoms with Crippen LogP contribution in [0.3, 0.4) is 0 Å². The lowest BCUT2D eigenvalue weighted by atomic mass is 10.0. The summed E-state index contributed by atoms with van der Waals surface area (Å²) < 4.78 is 15.5. The van der Waals surface area contributed by atoms with E-state index in [1.807, 2.05) is 18.2 Å². The number of carbonyl (C=O) groups excluding carboxylic acids is 3. The second-order valence-electron chi connectivity index (χ2n) is 7.14. The molecule has 1 N–H and O–H groups in total. The second-order valence-corrected chi connectivity index (χ2v) is 7.14. The normalized spacial score (nSPS) is 10.2. The van der Waals surface area contributed by atoms with Crippen LogP contribution < -0.4 is 14.8 Å². The van der Waals surface area contributed by atoms with E-state index in [0.717, 1.165) is 5.56 Å². The number of hydrogen-bond acceptors (Lipinski definition) is 6. The van der Waals surface area contributed by atoms with Gasteiger partial charge in [-0.2, -0.15) is 0 Å². The third-order valence-electron chi connectivity index (χ3n) is 4.94. The Labute approximate surface area is 192 Å². The van der Waals surface area contributed by atoms with Gasteiger partial charge in [0.2, 0.25) is 0 Å². The fourth-order valence-corrected chi connectivity index (χ4v) is 3.16. The quantitative estimate of drug-likeness (QED) is 0.378. The van der Waals surface area contributed by atoms with Gasteiger partial charge in [-0.15, -0.1) is 0 Å². The van der Waals surface area contributed by atoms with Gasteiger partial charge in [0.15, 0.2) is 23.9 Å². The van der Waals surface area contributed by atoms with Crippen molar-refractivity contribution in [1.29, 1.82) is 0 Å². The minimum Gasteiger partial charge on any atom is -0.493 e. The van der Waals surface area contributed by atoms with Crippen molar-refractivity contribution in [3.63, 3.8) is 0 Å². The molecule has 0 aliphatic carbocycles. The average Bonchev–Trinajstić information content (AvgIpc) is 2.87. The molecule has 3 rings (SSSR count). The summed E-state index contributed by atoms with van der Waals surface area (Å²) >= 11 is 0. The third kappa shape index (κ3) is 6.43. The molecule has 0 unspecified atom stereocenters. The van der Waals surface area contributed by atoms with Gasteiger partial charge in [-0.3, -0.25) is 9.59 Å². The predicted octanol–water partition coefficient (Wildman–Crippen LogP) is 3.45. The highest BCUT2D eigenvalue weighted by Crippen LogP contribution is 2.27. The lowest BCUT2D eigenvalue weighted by Crippen LogP contribution is -2.30. The molecule has 33 heavy (non-hydrogen) atoms. The molecule has 0 bridgehead atoms. The van der Waals surface area contributed by atoms with Crippen molar-refractivity contribution < 1.29 is 28.6 Å². The largest absolute Gasteiger partial charge is 0.493 e. The van der Waals surface area contributed by atoms with E-state index in [4.69, 9.17) is 14.2 Å². The predicted molar refractivity (Wildman–Crippen MR) is 123 cm³/mol. The van der Waals surface area contributed by atoms with Gasteiger partial charge >= 0.3 is 5.97 Å². The first kappa shape index (κ1) is 23.5. The summed E-state index contributed by atoms with van der Waals surface area (Å²) in [7, 11) is 3.13. The van der Waals surface area contributed by atoms with Gasteiger partial charge in [-0.05, 0) is 36.2 Å². The summed E-state index contributed by atoms with van der Waals surface area (Å²) in [6, 6.07) is 20.6. The van der Waals surface area contributed by atoms with Crippen LogP contribution in [0, 0.1) is 0 Å². The standard InChI is InChI=1S/C26H25NO6/c1-31-22-13-8-18(16-23(22)32-2)14-15-27-24(28)17-33-26(30)21-11-9-20(10-12-21)25(29)19-6-4-3-5-7-19/h3-13,16H,14-15,17H2,1-2H3,(H,27,28). The number of methoxy groups -OCH3 is 2. The molecule has 170 valence electrons. The van der Waals surface area contributed by atoms with Crippen molar-refractivity contribution in [3.05, 3.63) is 95.1 Å². The number of amides is 1. The fourth-order valence-electron chi connectivity index (χ4n) is 3.16. The van der Waals surface area contributed by atoms with Gasteiger partial charge in [0, 0.05) is 17.7 Å². The Morgan fingerprint density at radius 2 is 1.39 bits per heavy atom. The first-order valence-electron chi connectivity index (χ1n) is 10.4. The highest BCUT2D eigenvalue weighted by atomic mass is 16.5. The molecule has 7 heteroatoms. The first-order valence-corrected chi connectivity index (χ1v) is 10.4. The van der Waals surface area contributed by atoms with Crippen LogP contribution in [0.1, 0.15) is 31.8 Å². The zero-order valence-corrected chi connectivity index (χ0v) is 18.5. The molecule has 0 saturated heterocycles. The summed E-state index contributed by atoms with van der Waals surface area (Å²) in [5, 5.41) is 2.71. The van der Waals surface area contributed by atoms with Crippen molar-refractivity contribution in [2.24, 2.45) is 0 Å². The van der Waals surface area contributed by atoms with Crippen molar-refractivity contribution in [3.8, 4) is 11.5 Å². The van der Waals surface area contributed by atoms with Crippen molar-refractivity contribution in [1.82, 2.24) is 5.32 Å². The van der Waals surface area contributed by atoms with Gasteiger partial charge in [0.1, 0.15) is 0 Å². The Balaban J connectivity index is 1.44. The summed E-state index contributed by atoms with van der Waals surface area (Å²) in [5.74, 6) is 0.0780. The van der Waals surface area contributed by atoms with E-state index < -0.39 is 18.5 Å². The molecule has 0 aliphatic heterocycles. The first-order chi connectivity index (χ1) is 16.0. The number of ketones is 1. The smallest absolute Gasteiger partial charge is 0.338 e. The number of nitrogens with one attached hydrogen (secondary N) is 1. The molecular weight excluding hydrogens is 422 g/mol. The van der Waals surface area contributed by atoms with E-state index in [1.54, 1.807) is 56.7 Å². The molecule has 0 heterocycles. The molecular formula is C26H25NO6. The Morgan fingerprint density at radius 3 is 2.06 bits per heavy atom. The summed E-state index contributed by atoms with van der Waals surface area (Å²) in [4.78, 5) is 36.7. The molecule has 1 amide bonds. The summed E-state index contributed by atoms with van der Waals surface area (Å²) in [6.45, 7) is -0.0162. The molecule has 3 aromatic carbocycles. The molecule has 0 atom stereocenters. The van der Waals surface area contributed by atoms with Crippen LogP contribution in [0.15, 0.2) is 72.8 Å². The lowest BCUT2D eigenvalue weighted by molar-refractivity contribution is -0.124. The van der Waals surface area contributed by atoms with Gasteiger partial charge < -0.3 is 19.5 Å². The number of ether oxygens (including phenoxy) is 3. The summed E-state index contributed by atoms with van der Waals surface area (Å²) in [6.07, 6.45) is 0.580. The van der Waals surface area contributed by atoms with Gasteiger partial charge in [-0.1, -0.05) is 48.5 Å². The van der Waals surface area contributed by atoms with Gasteiger partial charge in [0.25, 0.3) is 5.91 Å². The molecule has 0 fully saturated rings. The molecule has 3 aromatic rings. The topological polar surface area (TPSA) is 90.9 Å². The van der Waals surface area contributed by atoms with Crippen molar-refractivity contribution >= 4 is 17.7 Å². The second kappa shape index (κ2) is 11.5. The maximum atomic E-state index is 12.4. The third-order valence-corrected chi connectivity index (χ3v) is 4.94. The average molecular weight is 447 g/mol. The Morgan fingerprint density at radius 1 is 0.758 bits per heavy atom. The summed E-state index contributed by atoms with van der Waals surface area (Å²) in [5.41, 5.74) is 2.26. The van der Waals surface area contributed by atoms with E-state index in [1.165, 1.54) is 12.1 Å². The zero-order chi connectivity index (χ0) is 23.6. The van der Waals surface area contributed by atoms with Crippen LogP contribution in [0.2, 0.25) is 0 Å². The molecule has 0 radical (unpaired) electrons. The molecule has 0 aliphatic rings. The van der Waals surface area contributed by atoms with Crippen molar-refractivity contribution in [2.75, 3.05) is 27.4 Å². The number of carbonyl (C=O) groups is 3. The van der Waals surface area contributed by atoms with Crippen molar-refractivity contribution in [2.45, 2.75) is 6.42 Å². The maximum absolute atomic E-state index is 12.4. The highest BCUT2D eigenvalue weighted by molar-refractivity contribution is 6.09. The van der Waals surface area contributed by atoms with Crippen LogP contribution >= 0.6 is 0 Å². The van der Waals surface area contributed by atoms with Gasteiger partial charge in [0.05, 0.1) is 19.8 Å². The number of hydrogen-bond donors (Lipinski definition) is 1. The minimum absolute atomic E-state index is 0.135. The van der Waals surface area contributed by atoms with Crippen LogP contribution in [-0.2, 0) is 16.0 Å². The molecule has 0 spiro atoms.